The Morgan fingerprint density at radius 1 is 1.27 bits per heavy atom. The van der Waals surface area contributed by atoms with Crippen molar-refractivity contribution in [1.82, 2.24) is 10.3 Å². The first-order valence-electron chi connectivity index (χ1n) is 6.77. The maximum Gasteiger partial charge on any atom is 0.224 e. The molecule has 1 aromatic heterocycles. The summed E-state index contributed by atoms with van der Waals surface area (Å²) in [4.78, 5) is 15.8. The highest BCUT2D eigenvalue weighted by molar-refractivity contribution is 5.78. The number of amides is 1. The van der Waals surface area contributed by atoms with Crippen LogP contribution in [0.4, 0.5) is 8.78 Å². The van der Waals surface area contributed by atoms with E-state index in [1.807, 2.05) is 6.92 Å². The monoisotopic (exact) mass is 306 g/mol. The number of carbonyl (C=O) groups is 1. The highest BCUT2D eigenvalue weighted by Crippen LogP contribution is 2.19. The summed E-state index contributed by atoms with van der Waals surface area (Å²) in [6.07, 6.45) is 0.225. The molecule has 0 radical (unpaired) electrons. The molecule has 0 aliphatic rings. The number of carbonyl (C=O) groups excluding carboxylic acids is 1. The van der Waals surface area contributed by atoms with Gasteiger partial charge >= 0.3 is 0 Å². The Morgan fingerprint density at radius 3 is 2.55 bits per heavy atom. The Bertz CT molecular complexity index is 639. The van der Waals surface area contributed by atoms with E-state index in [0.29, 0.717) is 0 Å². The number of pyridine rings is 1. The van der Waals surface area contributed by atoms with Gasteiger partial charge in [0.2, 0.25) is 5.91 Å². The van der Waals surface area contributed by atoms with E-state index in [4.69, 9.17) is 0 Å². The second kappa shape index (κ2) is 7.09. The first-order chi connectivity index (χ1) is 10.5. The first kappa shape index (κ1) is 16.0. The lowest BCUT2D eigenvalue weighted by atomic mass is 10.1. The van der Waals surface area contributed by atoms with Crippen molar-refractivity contribution in [2.75, 3.05) is 6.54 Å². The number of nitrogens with one attached hydrogen (secondary N) is 1. The van der Waals surface area contributed by atoms with Crippen LogP contribution in [0.25, 0.3) is 0 Å². The lowest BCUT2D eigenvalue weighted by molar-refractivity contribution is -0.120. The van der Waals surface area contributed by atoms with Crippen LogP contribution in [0.1, 0.15) is 22.9 Å². The van der Waals surface area contributed by atoms with E-state index in [1.54, 1.807) is 18.3 Å². The van der Waals surface area contributed by atoms with Gasteiger partial charge in [0, 0.05) is 18.4 Å². The summed E-state index contributed by atoms with van der Waals surface area (Å²) < 4.78 is 27.0. The lowest BCUT2D eigenvalue weighted by Crippen LogP contribution is -2.30. The highest BCUT2D eigenvalue weighted by atomic mass is 19.1. The van der Waals surface area contributed by atoms with Crippen LogP contribution < -0.4 is 5.32 Å². The third-order valence-electron chi connectivity index (χ3n) is 3.16. The Hall–Kier alpha value is -2.34. The molecule has 22 heavy (non-hydrogen) atoms. The molecule has 4 nitrogen and oxygen atoms in total. The molecular formula is C16H16F2N2O2. The van der Waals surface area contributed by atoms with E-state index in [9.17, 15) is 18.7 Å². The summed E-state index contributed by atoms with van der Waals surface area (Å²) >= 11 is 0. The molecule has 2 N–H and O–H groups in total. The molecule has 1 unspecified atom stereocenters. The quantitative estimate of drug-likeness (QED) is 0.889. The van der Waals surface area contributed by atoms with Gasteiger partial charge in [-0.2, -0.15) is 0 Å². The van der Waals surface area contributed by atoms with Crippen molar-refractivity contribution in [3.05, 3.63) is 65.0 Å². The number of aliphatic hydroxyl groups is 1. The average molecular weight is 306 g/mol. The van der Waals surface area contributed by atoms with Crippen LogP contribution in [-0.2, 0) is 11.2 Å². The van der Waals surface area contributed by atoms with Crippen LogP contribution in [0.15, 0.2) is 36.5 Å². The molecule has 1 aromatic carbocycles. The van der Waals surface area contributed by atoms with Gasteiger partial charge in [0.15, 0.2) is 0 Å². The van der Waals surface area contributed by atoms with E-state index < -0.39 is 23.3 Å². The Kier molecular flexibility index (Phi) is 5.16. The summed E-state index contributed by atoms with van der Waals surface area (Å²) in [7, 11) is 0. The molecule has 0 saturated carbocycles. The average Bonchev–Trinajstić information content (AvgIpc) is 2.47. The topological polar surface area (TPSA) is 62.2 Å². The molecule has 1 heterocycles. The molecule has 2 aromatic rings. The largest absolute Gasteiger partial charge is 0.386 e. The Labute approximate surface area is 126 Å². The minimum absolute atomic E-state index is 0.0831. The number of rotatable bonds is 5. The Morgan fingerprint density at radius 2 is 1.95 bits per heavy atom. The van der Waals surface area contributed by atoms with Gasteiger partial charge in [0.05, 0.1) is 12.0 Å². The maximum atomic E-state index is 13.5. The molecule has 6 heteroatoms. The first-order valence-corrected chi connectivity index (χ1v) is 6.77. The number of halogens is 2. The van der Waals surface area contributed by atoms with E-state index in [2.05, 4.69) is 10.3 Å². The maximum absolute atomic E-state index is 13.5. The van der Waals surface area contributed by atoms with Crippen molar-refractivity contribution in [3.8, 4) is 0 Å². The van der Waals surface area contributed by atoms with Gasteiger partial charge in [-0.1, -0.05) is 12.1 Å². The van der Waals surface area contributed by atoms with Crippen molar-refractivity contribution >= 4 is 5.91 Å². The molecule has 0 bridgehead atoms. The van der Waals surface area contributed by atoms with Gasteiger partial charge in [-0.05, 0) is 30.7 Å². The molecule has 0 spiro atoms. The number of benzene rings is 1. The number of hydrogen-bond donors (Lipinski definition) is 2. The zero-order valence-electron chi connectivity index (χ0n) is 12.0. The summed E-state index contributed by atoms with van der Waals surface area (Å²) in [5.74, 6) is -2.05. The van der Waals surface area contributed by atoms with Crippen LogP contribution in [0.2, 0.25) is 0 Å². The second-order valence-electron chi connectivity index (χ2n) is 4.94. The predicted molar refractivity (Wildman–Crippen MR) is 77.0 cm³/mol. The standard InChI is InChI=1S/C16H16F2N2O2/c1-10-5-6-11(8-19-10)7-15(22)20-9-14(21)16-12(17)3-2-4-13(16)18/h2-6,8,14,21H,7,9H2,1H3,(H,20,22). The van der Waals surface area contributed by atoms with Gasteiger partial charge in [0.1, 0.15) is 17.7 Å². The van der Waals surface area contributed by atoms with Crippen LogP contribution in [-0.4, -0.2) is 22.5 Å². The molecule has 0 saturated heterocycles. The summed E-state index contributed by atoms with van der Waals surface area (Å²) in [6, 6.07) is 6.88. The number of nitrogens with zero attached hydrogens (tertiary/aromatic N) is 1. The summed E-state index contributed by atoms with van der Waals surface area (Å²) in [5.41, 5.74) is 1.11. The second-order valence-corrected chi connectivity index (χ2v) is 4.94. The predicted octanol–water partition coefficient (Wildman–Crippen LogP) is 2.06. The Balaban J connectivity index is 1.92. The molecule has 0 aliphatic heterocycles. The highest BCUT2D eigenvalue weighted by Gasteiger charge is 2.18. The molecular weight excluding hydrogens is 290 g/mol. The van der Waals surface area contributed by atoms with E-state index in [1.165, 1.54) is 6.07 Å². The fraction of sp³-hybridized carbons (Fsp3) is 0.250. The smallest absolute Gasteiger partial charge is 0.224 e. The molecule has 116 valence electrons. The van der Waals surface area contributed by atoms with Crippen LogP contribution in [0.3, 0.4) is 0 Å². The fourth-order valence-corrected chi connectivity index (χ4v) is 1.99. The molecule has 1 amide bonds. The van der Waals surface area contributed by atoms with Gasteiger partial charge in [-0.25, -0.2) is 8.78 Å². The van der Waals surface area contributed by atoms with Gasteiger partial charge < -0.3 is 10.4 Å². The van der Waals surface area contributed by atoms with Crippen molar-refractivity contribution in [2.45, 2.75) is 19.4 Å². The van der Waals surface area contributed by atoms with Crippen molar-refractivity contribution < 1.29 is 18.7 Å². The minimum atomic E-state index is -1.44. The number of aryl methyl sites for hydroxylation is 1. The van der Waals surface area contributed by atoms with E-state index >= 15 is 0 Å². The van der Waals surface area contributed by atoms with Crippen molar-refractivity contribution in [2.24, 2.45) is 0 Å². The third kappa shape index (κ3) is 4.08. The van der Waals surface area contributed by atoms with Gasteiger partial charge in [0.25, 0.3) is 0 Å². The zero-order valence-corrected chi connectivity index (χ0v) is 12.0. The molecule has 0 aliphatic carbocycles. The van der Waals surface area contributed by atoms with E-state index in [-0.39, 0.29) is 18.9 Å². The number of aromatic nitrogens is 1. The molecule has 1 atom stereocenters. The van der Waals surface area contributed by atoms with Crippen LogP contribution >= 0.6 is 0 Å². The normalized spacial score (nSPS) is 12.0. The van der Waals surface area contributed by atoms with E-state index in [0.717, 1.165) is 23.4 Å². The molecule has 2 rings (SSSR count). The lowest BCUT2D eigenvalue weighted by Gasteiger charge is -2.14. The van der Waals surface area contributed by atoms with Crippen LogP contribution in [0.5, 0.6) is 0 Å². The number of hydrogen-bond acceptors (Lipinski definition) is 3. The third-order valence-corrected chi connectivity index (χ3v) is 3.16. The summed E-state index contributed by atoms with van der Waals surface area (Å²) in [5, 5.41) is 12.3. The SMILES string of the molecule is Cc1ccc(CC(=O)NCC(O)c2c(F)cccc2F)cn1. The number of aliphatic hydroxyl groups excluding tert-OH is 1. The van der Waals surface area contributed by atoms with Crippen LogP contribution in [0, 0.1) is 18.6 Å². The zero-order chi connectivity index (χ0) is 16.1. The van der Waals surface area contributed by atoms with Gasteiger partial charge in [-0.15, -0.1) is 0 Å². The summed E-state index contributed by atoms with van der Waals surface area (Å²) in [6.45, 7) is 1.57. The van der Waals surface area contributed by atoms with Gasteiger partial charge in [-0.3, -0.25) is 9.78 Å². The van der Waals surface area contributed by atoms with Crippen molar-refractivity contribution in [1.29, 1.82) is 0 Å². The molecule has 0 fully saturated rings. The minimum Gasteiger partial charge on any atom is -0.386 e. The van der Waals surface area contributed by atoms with Crippen molar-refractivity contribution in [3.63, 3.8) is 0 Å². The fourth-order valence-electron chi connectivity index (χ4n) is 1.99.